The van der Waals surface area contributed by atoms with Gasteiger partial charge in [-0.05, 0) is 45.9 Å². The lowest BCUT2D eigenvalue weighted by molar-refractivity contribution is 0.0542. The molecule has 0 atom stereocenters. The number of fused-ring (bicyclic) bond motifs is 1. The van der Waals surface area contributed by atoms with Crippen molar-refractivity contribution >= 4 is 17.0 Å². The molecule has 0 saturated carbocycles. The number of nitrogens with zero attached hydrogens (tertiary/aromatic N) is 1. The number of carbonyl (C=O) groups excluding carboxylic acids is 1. The molecule has 1 aromatic heterocycles. The predicted octanol–water partition coefficient (Wildman–Crippen LogP) is 3.71. The third-order valence-corrected chi connectivity index (χ3v) is 2.74. The van der Waals surface area contributed by atoms with Gasteiger partial charge in [0.25, 0.3) is 0 Å². The van der Waals surface area contributed by atoms with E-state index in [1.165, 1.54) is 4.57 Å². The molecule has 2 aromatic rings. The quantitative estimate of drug-likeness (QED) is 0.674. The van der Waals surface area contributed by atoms with E-state index in [-0.39, 0.29) is 0 Å². The van der Waals surface area contributed by atoms with Gasteiger partial charge in [0.15, 0.2) is 0 Å². The van der Waals surface area contributed by atoms with Crippen LogP contribution in [0.2, 0.25) is 0 Å². The van der Waals surface area contributed by atoms with E-state index in [0.29, 0.717) is 0 Å². The van der Waals surface area contributed by atoms with Crippen molar-refractivity contribution in [3.05, 3.63) is 35.5 Å². The van der Waals surface area contributed by atoms with E-state index < -0.39 is 11.7 Å². The summed E-state index contributed by atoms with van der Waals surface area (Å²) in [6.45, 7) is 7.36. The van der Waals surface area contributed by atoms with E-state index >= 15 is 0 Å². The number of hydrogen-bond acceptors (Lipinski definition) is 2. The lowest BCUT2D eigenvalue weighted by Crippen LogP contribution is -2.27. The Morgan fingerprint density at radius 3 is 2.84 bits per heavy atom. The highest BCUT2D eigenvalue weighted by Gasteiger charge is 2.21. The second-order valence-corrected chi connectivity index (χ2v) is 5.46. The fourth-order valence-electron chi connectivity index (χ4n) is 2.02. The summed E-state index contributed by atoms with van der Waals surface area (Å²) in [7, 11) is 0. The zero-order chi connectivity index (χ0) is 14.9. The summed E-state index contributed by atoms with van der Waals surface area (Å²) in [5.74, 6) is 2.73. The van der Waals surface area contributed by atoms with Gasteiger partial charge in [0.05, 0.1) is 5.52 Å². The molecule has 0 radical (unpaired) electrons. The van der Waals surface area contributed by atoms with Crippen molar-refractivity contribution in [3.8, 4) is 12.3 Å². The van der Waals surface area contributed by atoms with Gasteiger partial charge in [0, 0.05) is 16.6 Å². The Hall–Kier alpha value is -2.21. The van der Waals surface area contributed by atoms with Crippen LogP contribution in [0.5, 0.6) is 0 Å². The minimum atomic E-state index is -0.543. The van der Waals surface area contributed by atoms with Crippen LogP contribution in [0, 0.1) is 19.2 Å². The van der Waals surface area contributed by atoms with Gasteiger partial charge in [-0.25, -0.2) is 9.36 Å². The van der Waals surface area contributed by atoms with Crippen LogP contribution in [0.15, 0.2) is 24.3 Å². The SMILES string of the molecule is [3H]C#Cc1cccc2c1cc(C)n2C(=O)OC(C)(C)C. The van der Waals surface area contributed by atoms with Crippen LogP contribution in [0.3, 0.4) is 0 Å². The number of carbonyl (C=O) groups is 1. The molecule has 0 amide bonds. The highest BCUT2D eigenvalue weighted by Crippen LogP contribution is 2.24. The zero-order valence-corrected chi connectivity index (χ0v) is 11.6. The molecule has 3 heteroatoms. The summed E-state index contributed by atoms with van der Waals surface area (Å²) >= 11 is 0. The molecule has 0 unspecified atom stereocenters. The standard InChI is InChI=1S/C16H17NO2/c1-6-12-8-7-9-14-13(12)10-11(2)17(14)15(18)19-16(3,4)5/h1,7-10H,2-5H3/i1T. The summed E-state index contributed by atoms with van der Waals surface area (Å²) in [6.07, 6.45) is 1.75. The second-order valence-electron chi connectivity index (χ2n) is 5.46. The smallest absolute Gasteiger partial charge is 0.419 e. The molecule has 98 valence electrons. The Labute approximate surface area is 114 Å². The van der Waals surface area contributed by atoms with Crippen molar-refractivity contribution in [1.29, 1.82) is 0 Å². The maximum atomic E-state index is 12.3. The Morgan fingerprint density at radius 2 is 2.21 bits per heavy atom. The average Bonchev–Trinajstić information content (AvgIpc) is 2.64. The van der Waals surface area contributed by atoms with Gasteiger partial charge < -0.3 is 4.74 Å². The first-order chi connectivity index (χ1) is 9.33. The number of rotatable bonds is 0. The van der Waals surface area contributed by atoms with Crippen molar-refractivity contribution in [2.24, 2.45) is 0 Å². The highest BCUT2D eigenvalue weighted by atomic mass is 16.6. The van der Waals surface area contributed by atoms with Crippen LogP contribution in [0.1, 0.15) is 33.4 Å². The highest BCUT2D eigenvalue weighted by molar-refractivity contribution is 5.94. The van der Waals surface area contributed by atoms with E-state index in [0.717, 1.165) is 22.2 Å². The summed E-state index contributed by atoms with van der Waals surface area (Å²) in [5.41, 5.74) is 1.73. The Morgan fingerprint density at radius 1 is 1.47 bits per heavy atom. The Bertz CT molecular complexity index is 726. The fraction of sp³-hybridized carbons (Fsp3) is 0.312. The maximum Gasteiger partial charge on any atom is 0.419 e. The number of aryl methyl sites for hydroxylation is 1. The molecule has 0 saturated heterocycles. The molecule has 3 nitrogen and oxygen atoms in total. The topological polar surface area (TPSA) is 31.2 Å². The average molecular weight is 257 g/mol. The number of terminal acetylenes is 1. The van der Waals surface area contributed by atoms with Crippen LogP contribution >= 0.6 is 0 Å². The van der Waals surface area contributed by atoms with Crippen LogP contribution in [-0.4, -0.2) is 16.3 Å². The molecule has 1 heterocycles. The third kappa shape index (κ3) is 2.48. The molecule has 0 aliphatic carbocycles. The first-order valence-electron chi connectivity index (χ1n) is 6.60. The second kappa shape index (κ2) is 4.47. The van der Waals surface area contributed by atoms with Crippen molar-refractivity contribution < 1.29 is 10.9 Å². The lowest BCUT2D eigenvalue weighted by atomic mass is 10.1. The largest absolute Gasteiger partial charge is 0.443 e. The molecule has 0 spiro atoms. The van der Waals surface area contributed by atoms with Crippen LogP contribution in [0.25, 0.3) is 10.9 Å². The van der Waals surface area contributed by atoms with Gasteiger partial charge in [-0.1, -0.05) is 12.0 Å². The Kier molecular flexibility index (Phi) is 2.79. The molecule has 0 N–H and O–H groups in total. The molecule has 0 aliphatic rings. The number of hydrogen-bond donors (Lipinski definition) is 0. The Balaban J connectivity index is 2.59. The zero-order valence-electron chi connectivity index (χ0n) is 12.6. The molecule has 0 aliphatic heterocycles. The van der Waals surface area contributed by atoms with Gasteiger partial charge >= 0.3 is 6.09 Å². The molecule has 19 heavy (non-hydrogen) atoms. The first-order valence-corrected chi connectivity index (χ1v) is 6.10. The molecule has 0 bridgehead atoms. The van der Waals surface area contributed by atoms with E-state index in [1.54, 1.807) is 0 Å². The van der Waals surface area contributed by atoms with Crippen molar-refractivity contribution in [2.45, 2.75) is 33.3 Å². The normalized spacial score (nSPS) is 11.7. The summed E-state index contributed by atoms with van der Waals surface area (Å²) < 4.78 is 14.0. The molecular formula is C16H17NO2. The van der Waals surface area contributed by atoms with E-state index in [2.05, 4.69) is 12.3 Å². The van der Waals surface area contributed by atoms with E-state index in [4.69, 9.17) is 6.11 Å². The fourth-order valence-corrected chi connectivity index (χ4v) is 2.02. The summed E-state index contributed by atoms with van der Waals surface area (Å²) in [6, 6.07) is 7.39. The van der Waals surface area contributed by atoms with E-state index in [9.17, 15) is 4.79 Å². The van der Waals surface area contributed by atoms with Crippen LogP contribution < -0.4 is 0 Å². The summed E-state index contributed by atoms with van der Waals surface area (Å²) in [4.78, 5) is 12.3. The van der Waals surface area contributed by atoms with Gasteiger partial charge in [-0.2, -0.15) is 0 Å². The molecule has 0 fully saturated rings. The number of ether oxygens (including phenoxy) is 1. The van der Waals surface area contributed by atoms with Gasteiger partial charge in [-0.15, -0.1) is 6.40 Å². The summed E-state index contributed by atoms with van der Waals surface area (Å²) in [5, 5.41) is 0.857. The van der Waals surface area contributed by atoms with E-state index in [1.807, 2.05) is 52.0 Å². The van der Waals surface area contributed by atoms with Crippen molar-refractivity contribution in [2.75, 3.05) is 0 Å². The predicted molar refractivity (Wildman–Crippen MR) is 76.2 cm³/mol. The van der Waals surface area contributed by atoms with Crippen molar-refractivity contribution in [3.63, 3.8) is 0 Å². The van der Waals surface area contributed by atoms with Gasteiger partial charge in [0.2, 0.25) is 0 Å². The monoisotopic (exact) mass is 257 g/mol. The first kappa shape index (κ1) is 11.9. The third-order valence-electron chi connectivity index (χ3n) is 2.74. The molecule has 1 aromatic carbocycles. The van der Waals surface area contributed by atoms with Gasteiger partial charge in [0.1, 0.15) is 6.97 Å². The molecular weight excluding hydrogens is 238 g/mol. The number of aromatic nitrogens is 1. The lowest BCUT2D eigenvalue weighted by Gasteiger charge is -2.20. The minimum absolute atomic E-state index is 0.402. The van der Waals surface area contributed by atoms with Crippen LogP contribution in [-0.2, 0) is 4.74 Å². The van der Waals surface area contributed by atoms with Crippen LogP contribution in [0.4, 0.5) is 4.79 Å². The van der Waals surface area contributed by atoms with Crippen molar-refractivity contribution in [1.82, 2.24) is 4.57 Å². The molecule has 2 rings (SSSR count). The minimum Gasteiger partial charge on any atom is -0.443 e. The van der Waals surface area contributed by atoms with Gasteiger partial charge in [-0.3, -0.25) is 0 Å². The number of benzene rings is 1. The maximum absolute atomic E-state index is 12.3.